The van der Waals surface area contributed by atoms with E-state index in [2.05, 4.69) is 19.9 Å². The molecule has 0 bridgehead atoms. The molecule has 7 nitrogen and oxygen atoms in total. The van der Waals surface area contributed by atoms with E-state index < -0.39 is 0 Å². The molecule has 0 atom stereocenters. The van der Waals surface area contributed by atoms with Gasteiger partial charge in [-0.3, -0.25) is 4.79 Å². The van der Waals surface area contributed by atoms with E-state index in [9.17, 15) is 4.79 Å². The van der Waals surface area contributed by atoms with Crippen molar-refractivity contribution in [3.05, 3.63) is 16.0 Å². The predicted molar refractivity (Wildman–Crippen MR) is 55.8 cm³/mol. The number of fused-ring (bicyclic) bond motifs is 1. The molecule has 2 aromatic heterocycles. The zero-order valence-electron chi connectivity index (χ0n) is 9.07. The number of aromatic amines is 1. The molecule has 0 radical (unpaired) electrons. The predicted octanol–water partition coefficient (Wildman–Crippen LogP) is 0.0387. The number of methoxy groups -OCH3 is 2. The summed E-state index contributed by atoms with van der Waals surface area (Å²) in [5.41, 5.74) is 0.731. The highest BCUT2D eigenvalue weighted by molar-refractivity contribution is 5.75. The number of ether oxygens (including phenoxy) is 2. The molecule has 0 amide bonds. The normalized spacial score (nSPS) is 10.4. The minimum absolute atomic E-state index is 0.116. The fraction of sp³-hybridized carbons (Fsp3) is 0.333. The van der Waals surface area contributed by atoms with Crippen LogP contribution in [0.25, 0.3) is 11.2 Å². The first-order chi connectivity index (χ1) is 7.65. The Morgan fingerprint density at radius 2 is 1.88 bits per heavy atom. The molecule has 0 saturated carbocycles. The Morgan fingerprint density at radius 3 is 2.50 bits per heavy atom. The third-order valence-electron chi connectivity index (χ3n) is 2.05. The summed E-state index contributed by atoms with van der Waals surface area (Å²) in [4.78, 5) is 26.0. The van der Waals surface area contributed by atoms with Crippen LogP contribution in [0.4, 0.5) is 0 Å². The quantitative estimate of drug-likeness (QED) is 0.771. The van der Waals surface area contributed by atoms with Crippen molar-refractivity contribution in [2.45, 2.75) is 6.92 Å². The van der Waals surface area contributed by atoms with Gasteiger partial charge in [-0.15, -0.1) is 0 Å². The Hall–Kier alpha value is -2.18. The first kappa shape index (κ1) is 10.3. The second-order valence-electron chi connectivity index (χ2n) is 3.07. The Morgan fingerprint density at radius 1 is 1.12 bits per heavy atom. The van der Waals surface area contributed by atoms with E-state index in [1.807, 2.05) is 0 Å². The lowest BCUT2D eigenvalue weighted by atomic mass is 10.4. The maximum atomic E-state index is 11.4. The van der Waals surface area contributed by atoms with Gasteiger partial charge in [-0.05, 0) is 6.92 Å². The summed E-state index contributed by atoms with van der Waals surface area (Å²) in [7, 11) is 2.89. The summed E-state index contributed by atoms with van der Waals surface area (Å²) < 4.78 is 9.93. The maximum Gasteiger partial charge on any atom is 0.321 e. The molecule has 0 aliphatic heterocycles. The molecule has 0 fully saturated rings. The van der Waals surface area contributed by atoms with Crippen LogP contribution in [-0.2, 0) is 0 Å². The van der Waals surface area contributed by atoms with E-state index in [0.717, 1.165) is 0 Å². The molecule has 0 aliphatic rings. The van der Waals surface area contributed by atoms with E-state index in [0.29, 0.717) is 16.9 Å². The molecule has 7 heteroatoms. The first-order valence-electron chi connectivity index (χ1n) is 4.52. The van der Waals surface area contributed by atoms with E-state index in [1.165, 1.54) is 14.2 Å². The van der Waals surface area contributed by atoms with Crippen LogP contribution in [-0.4, -0.2) is 34.2 Å². The van der Waals surface area contributed by atoms with Crippen LogP contribution in [0.1, 0.15) is 5.69 Å². The van der Waals surface area contributed by atoms with Crippen LogP contribution in [0.15, 0.2) is 4.79 Å². The molecule has 2 aromatic rings. The van der Waals surface area contributed by atoms with Gasteiger partial charge in [-0.25, -0.2) is 4.98 Å². The molecule has 1 N–H and O–H groups in total. The lowest BCUT2D eigenvalue weighted by molar-refractivity contribution is 0.356. The largest absolute Gasteiger partial charge is 0.479 e. The van der Waals surface area contributed by atoms with Gasteiger partial charge in [-0.2, -0.15) is 9.97 Å². The average Bonchev–Trinajstić information content (AvgIpc) is 2.29. The minimum Gasteiger partial charge on any atom is -0.479 e. The fourth-order valence-corrected chi connectivity index (χ4v) is 1.25. The summed E-state index contributed by atoms with van der Waals surface area (Å²) in [6, 6.07) is 0.116. The van der Waals surface area contributed by atoms with Crippen molar-refractivity contribution < 1.29 is 9.47 Å². The average molecular weight is 222 g/mol. The van der Waals surface area contributed by atoms with Crippen LogP contribution in [0.5, 0.6) is 11.9 Å². The lowest BCUT2D eigenvalue weighted by Gasteiger charge is -2.05. The molecule has 0 aromatic carbocycles. The van der Waals surface area contributed by atoms with Gasteiger partial charge >= 0.3 is 6.01 Å². The van der Waals surface area contributed by atoms with E-state index in [4.69, 9.17) is 9.47 Å². The summed E-state index contributed by atoms with van der Waals surface area (Å²) in [6.07, 6.45) is 0. The number of nitrogens with zero attached hydrogens (tertiary/aromatic N) is 3. The van der Waals surface area contributed by atoms with Gasteiger partial charge < -0.3 is 14.5 Å². The van der Waals surface area contributed by atoms with E-state index in [-0.39, 0.29) is 17.4 Å². The summed E-state index contributed by atoms with van der Waals surface area (Å²) >= 11 is 0. The van der Waals surface area contributed by atoms with Crippen LogP contribution >= 0.6 is 0 Å². The molecule has 0 spiro atoms. The molecule has 16 heavy (non-hydrogen) atoms. The molecule has 0 saturated heterocycles. The monoisotopic (exact) mass is 222 g/mol. The highest BCUT2D eigenvalue weighted by Crippen LogP contribution is 2.20. The zero-order valence-corrected chi connectivity index (χ0v) is 9.07. The molecule has 0 aliphatic carbocycles. The number of hydrogen-bond acceptors (Lipinski definition) is 6. The van der Waals surface area contributed by atoms with Gasteiger partial charge in [-0.1, -0.05) is 0 Å². The van der Waals surface area contributed by atoms with Crippen molar-refractivity contribution in [2.75, 3.05) is 14.2 Å². The third kappa shape index (κ3) is 1.56. The Bertz CT molecular complexity index is 593. The standard InChI is InChI=1S/C9H10N4O3/c1-4-7(14)11-6-5(10-4)8(15-2)13-9(12-6)16-3/h1-3H3,(H,11,12,13,14). The summed E-state index contributed by atoms with van der Waals surface area (Å²) in [5.74, 6) is 0.265. The van der Waals surface area contributed by atoms with Crippen LogP contribution in [0.2, 0.25) is 0 Å². The number of nitrogens with one attached hydrogen (secondary N) is 1. The van der Waals surface area contributed by atoms with Gasteiger partial charge in [0.05, 0.1) is 14.2 Å². The van der Waals surface area contributed by atoms with Crippen LogP contribution in [0, 0.1) is 6.92 Å². The van der Waals surface area contributed by atoms with Crippen molar-refractivity contribution in [1.82, 2.24) is 19.9 Å². The Labute approximate surface area is 90.5 Å². The third-order valence-corrected chi connectivity index (χ3v) is 2.05. The van der Waals surface area contributed by atoms with Gasteiger partial charge in [0, 0.05) is 0 Å². The molecule has 0 unspecified atom stereocenters. The van der Waals surface area contributed by atoms with E-state index in [1.54, 1.807) is 6.92 Å². The number of H-pyrrole nitrogens is 1. The molecule has 2 rings (SSSR count). The van der Waals surface area contributed by atoms with Crippen molar-refractivity contribution in [3.63, 3.8) is 0 Å². The van der Waals surface area contributed by atoms with Gasteiger partial charge in [0.25, 0.3) is 5.56 Å². The lowest BCUT2D eigenvalue weighted by Crippen LogP contribution is -2.13. The number of aryl methyl sites for hydroxylation is 1. The van der Waals surface area contributed by atoms with Crippen molar-refractivity contribution in [1.29, 1.82) is 0 Å². The number of aromatic nitrogens is 4. The first-order valence-corrected chi connectivity index (χ1v) is 4.52. The van der Waals surface area contributed by atoms with Crippen molar-refractivity contribution >= 4 is 11.2 Å². The van der Waals surface area contributed by atoms with E-state index >= 15 is 0 Å². The second-order valence-corrected chi connectivity index (χ2v) is 3.07. The van der Waals surface area contributed by atoms with Crippen LogP contribution in [0.3, 0.4) is 0 Å². The minimum atomic E-state index is -0.296. The fourth-order valence-electron chi connectivity index (χ4n) is 1.25. The summed E-state index contributed by atoms with van der Waals surface area (Å²) in [5, 5.41) is 0. The SMILES string of the molecule is COc1nc(OC)c2nc(C)c(=O)[nH]c2n1. The number of rotatable bonds is 2. The summed E-state index contributed by atoms with van der Waals surface area (Å²) in [6.45, 7) is 1.60. The zero-order chi connectivity index (χ0) is 11.7. The Balaban J connectivity index is 2.84. The highest BCUT2D eigenvalue weighted by Gasteiger charge is 2.11. The highest BCUT2D eigenvalue weighted by atomic mass is 16.5. The van der Waals surface area contributed by atoms with Crippen molar-refractivity contribution in [2.24, 2.45) is 0 Å². The molecule has 2 heterocycles. The topological polar surface area (TPSA) is 90.0 Å². The molecular formula is C9H10N4O3. The maximum absolute atomic E-state index is 11.4. The van der Waals surface area contributed by atoms with Gasteiger partial charge in [0.2, 0.25) is 5.88 Å². The van der Waals surface area contributed by atoms with Crippen molar-refractivity contribution in [3.8, 4) is 11.9 Å². The van der Waals surface area contributed by atoms with Gasteiger partial charge in [0.1, 0.15) is 5.69 Å². The molecular weight excluding hydrogens is 212 g/mol. The van der Waals surface area contributed by atoms with Crippen LogP contribution < -0.4 is 15.0 Å². The smallest absolute Gasteiger partial charge is 0.321 e. The molecule has 84 valence electrons. The van der Waals surface area contributed by atoms with Gasteiger partial charge in [0.15, 0.2) is 11.2 Å². The second kappa shape index (κ2) is 3.76. The Kier molecular flexibility index (Phi) is 2.43. The number of hydrogen-bond donors (Lipinski definition) is 1.